The molecule has 0 aliphatic carbocycles. The van der Waals surface area contributed by atoms with E-state index in [0.29, 0.717) is 17.8 Å². The van der Waals surface area contributed by atoms with Crippen LogP contribution in [0.15, 0.2) is 61.1 Å². The molecule has 3 heteroatoms. The van der Waals surface area contributed by atoms with E-state index in [1.807, 2.05) is 24.7 Å². The number of pyridine rings is 3. The fourth-order valence-corrected chi connectivity index (χ4v) is 3.38. The van der Waals surface area contributed by atoms with Crippen LogP contribution in [0.25, 0.3) is 0 Å². The van der Waals surface area contributed by atoms with Crippen molar-refractivity contribution in [2.45, 2.75) is 58.3 Å². The first kappa shape index (κ1) is 19.2. The summed E-state index contributed by atoms with van der Waals surface area (Å²) in [6.45, 7) is 8.88. The fraction of sp³-hybridized carbons (Fsp3) is 0.375. The highest BCUT2D eigenvalue weighted by molar-refractivity contribution is 5.25. The van der Waals surface area contributed by atoms with Crippen LogP contribution in [-0.2, 0) is 12.8 Å². The minimum atomic E-state index is 0.404. The second-order valence-electron chi connectivity index (χ2n) is 7.79. The summed E-state index contributed by atoms with van der Waals surface area (Å²) in [6.07, 6.45) is 7.58. The average Bonchev–Trinajstić information content (AvgIpc) is 2.69. The number of hydrogen-bond acceptors (Lipinski definition) is 3. The number of rotatable bonds is 7. The summed E-state index contributed by atoms with van der Waals surface area (Å²) in [7, 11) is 0. The predicted molar refractivity (Wildman–Crippen MR) is 111 cm³/mol. The van der Waals surface area contributed by atoms with Crippen LogP contribution in [0, 0.1) is 0 Å². The van der Waals surface area contributed by atoms with Crippen molar-refractivity contribution in [1.82, 2.24) is 15.0 Å². The largest absolute Gasteiger partial charge is 0.264 e. The van der Waals surface area contributed by atoms with E-state index >= 15 is 0 Å². The number of aromatic nitrogens is 3. The molecule has 0 saturated carbocycles. The molecule has 3 rings (SSSR count). The molecule has 0 spiro atoms. The van der Waals surface area contributed by atoms with Crippen LogP contribution >= 0.6 is 0 Å². The maximum atomic E-state index is 4.83. The van der Waals surface area contributed by atoms with Crippen LogP contribution in [0.2, 0.25) is 0 Å². The Kier molecular flexibility index (Phi) is 6.33. The Morgan fingerprint density at radius 2 is 1.56 bits per heavy atom. The molecule has 0 aliphatic rings. The van der Waals surface area contributed by atoms with Gasteiger partial charge in [-0.2, -0.15) is 0 Å². The third kappa shape index (κ3) is 5.22. The van der Waals surface area contributed by atoms with Gasteiger partial charge >= 0.3 is 0 Å². The van der Waals surface area contributed by atoms with E-state index < -0.39 is 0 Å². The van der Waals surface area contributed by atoms with Gasteiger partial charge in [0, 0.05) is 35.7 Å². The van der Waals surface area contributed by atoms with Gasteiger partial charge in [-0.3, -0.25) is 15.0 Å². The number of nitrogens with zero attached hydrogens (tertiary/aromatic N) is 3. The average molecular weight is 360 g/mol. The number of hydrogen-bond donors (Lipinski definition) is 0. The molecule has 27 heavy (non-hydrogen) atoms. The highest BCUT2D eigenvalue weighted by Gasteiger charge is 2.12. The molecule has 3 nitrogen and oxygen atoms in total. The summed E-state index contributed by atoms with van der Waals surface area (Å²) in [6, 6.07) is 14.9. The molecule has 3 aromatic heterocycles. The van der Waals surface area contributed by atoms with Crippen molar-refractivity contribution in [1.29, 1.82) is 0 Å². The first-order valence-electron chi connectivity index (χ1n) is 9.83. The Balaban J connectivity index is 1.70. The summed E-state index contributed by atoms with van der Waals surface area (Å²) in [4.78, 5) is 13.7. The normalized spacial score (nSPS) is 13.5. The molecule has 0 bridgehead atoms. The van der Waals surface area contributed by atoms with E-state index in [-0.39, 0.29) is 0 Å². The Morgan fingerprint density at radius 3 is 2.30 bits per heavy atom. The summed E-state index contributed by atoms with van der Waals surface area (Å²) >= 11 is 0. The van der Waals surface area contributed by atoms with Gasteiger partial charge in [0.2, 0.25) is 0 Å². The van der Waals surface area contributed by atoms with Gasteiger partial charge in [0.25, 0.3) is 0 Å². The van der Waals surface area contributed by atoms with Gasteiger partial charge in [0.05, 0.1) is 0 Å². The van der Waals surface area contributed by atoms with Crippen LogP contribution in [0.3, 0.4) is 0 Å². The standard InChI is InChI=1S/C24H29N3/c1-17(2)24-9-5-8-22(27-24)13-18(3)20-10-12-26-23(15-20)14-19(4)21-7-6-11-25-16-21/h5-12,15-19H,13-14H2,1-4H3. The Morgan fingerprint density at radius 1 is 0.778 bits per heavy atom. The third-order valence-corrected chi connectivity index (χ3v) is 5.11. The van der Waals surface area contributed by atoms with Crippen LogP contribution in [0.5, 0.6) is 0 Å². The lowest BCUT2D eigenvalue weighted by Crippen LogP contribution is -2.05. The molecule has 140 valence electrons. The van der Waals surface area contributed by atoms with Crippen molar-refractivity contribution < 1.29 is 0 Å². The van der Waals surface area contributed by atoms with Crippen molar-refractivity contribution >= 4 is 0 Å². The van der Waals surface area contributed by atoms with Gasteiger partial charge in [-0.15, -0.1) is 0 Å². The van der Waals surface area contributed by atoms with Crippen molar-refractivity contribution in [2.24, 2.45) is 0 Å². The summed E-state index contributed by atoms with van der Waals surface area (Å²) in [5, 5.41) is 0. The van der Waals surface area contributed by atoms with Gasteiger partial charge in [0.1, 0.15) is 0 Å². The zero-order chi connectivity index (χ0) is 19.2. The van der Waals surface area contributed by atoms with E-state index in [9.17, 15) is 0 Å². The molecule has 0 N–H and O–H groups in total. The molecule has 0 radical (unpaired) electrons. The van der Waals surface area contributed by atoms with Gasteiger partial charge in [-0.25, -0.2) is 0 Å². The monoisotopic (exact) mass is 359 g/mol. The second kappa shape index (κ2) is 8.90. The molecule has 0 fully saturated rings. The summed E-state index contributed by atoms with van der Waals surface area (Å²) < 4.78 is 0. The topological polar surface area (TPSA) is 38.7 Å². The van der Waals surface area contributed by atoms with Crippen LogP contribution < -0.4 is 0 Å². The zero-order valence-electron chi connectivity index (χ0n) is 16.8. The maximum absolute atomic E-state index is 4.83. The Labute approximate surface area is 162 Å². The highest BCUT2D eigenvalue weighted by atomic mass is 14.7. The SMILES string of the molecule is CC(C)c1cccc(CC(C)c2ccnc(CC(C)c3cccnc3)c2)n1. The summed E-state index contributed by atoms with van der Waals surface area (Å²) in [5.41, 5.74) is 6.05. The Hall–Kier alpha value is -2.55. The molecule has 3 heterocycles. The minimum Gasteiger partial charge on any atom is -0.264 e. The van der Waals surface area contributed by atoms with Crippen molar-refractivity contribution in [2.75, 3.05) is 0 Å². The van der Waals surface area contributed by atoms with Gasteiger partial charge in [-0.05, 0) is 72.1 Å². The second-order valence-corrected chi connectivity index (χ2v) is 7.79. The lowest BCUT2D eigenvalue weighted by molar-refractivity contribution is 0.708. The quantitative estimate of drug-likeness (QED) is 0.544. The molecule has 2 unspecified atom stereocenters. The predicted octanol–water partition coefficient (Wildman–Crippen LogP) is 5.69. The Bertz CT molecular complexity index is 858. The third-order valence-electron chi connectivity index (χ3n) is 5.11. The van der Waals surface area contributed by atoms with E-state index in [2.05, 4.69) is 74.1 Å². The molecule has 3 aromatic rings. The van der Waals surface area contributed by atoms with E-state index in [4.69, 9.17) is 4.98 Å². The van der Waals surface area contributed by atoms with Crippen LogP contribution in [0.1, 0.15) is 73.7 Å². The van der Waals surface area contributed by atoms with Gasteiger partial charge in [-0.1, -0.05) is 39.8 Å². The zero-order valence-corrected chi connectivity index (χ0v) is 16.8. The lowest BCUT2D eigenvalue weighted by atomic mass is 9.93. The molecular formula is C24H29N3. The lowest BCUT2D eigenvalue weighted by Gasteiger charge is -2.15. The smallest absolute Gasteiger partial charge is 0.0432 e. The summed E-state index contributed by atoms with van der Waals surface area (Å²) in [5.74, 6) is 1.28. The van der Waals surface area contributed by atoms with Crippen LogP contribution in [-0.4, -0.2) is 15.0 Å². The first-order valence-corrected chi connectivity index (χ1v) is 9.83. The van der Waals surface area contributed by atoms with E-state index in [1.165, 1.54) is 16.8 Å². The molecule has 2 atom stereocenters. The van der Waals surface area contributed by atoms with Gasteiger partial charge < -0.3 is 0 Å². The molecule has 0 saturated heterocycles. The van der Waals surface area contributed by atoms with Crippen molar-refractivity contribution in [3.8, 4) is 0 Å². The maximum Gasteiger partial charge on any atom is 0.0432 e. The van der Waals surface area contributed by atoms with Crippen molar-refractivity contribution in [3.05, 3.63) is 89.3 Å². The fourth-order valence-electron chi connectivity index (χ4n) is 3.38. The van der Waals surface area contributed by atoms with Crippen molar-refractivity contribution in [3.63, 3.8) is 0 Å². The van der Waals surface area contributed by atoms with E-state index in [1.54, 1.807) is 0 Å². The molecule has 0 aromatic carbocycles. The van der Waals surface area contributed by atoms with E-state index in [0.717, 1.165) is 24.2 Å². The minimum absolute atomic E-state index is 0.404. The molecule has 0 aliphatic heterocycles. The van der Waals surface area contributed by atoms with Gasteiger partial charge in [0.15, 0.2) is 0 Å². The highest BCUT2D eigenvalue weighted by Crippen LogP contribution is 2.24. The molecular weight excluding hydrogens is 330 g/mol. The first-order chi connectivity index (χ1) is 13.0. The van der Waals surface area contributed by atoms with Crippen LogP contribution in [0.4, 0.5) is 0 Å². The molecule has 0 amide bonds.